The zero-order chi connectivity index (χ0) is 17.6. The second-order valence-electron chi connectivity index (χ2n) is 5.32. The van der Waals surface area contributed by atoms with Gasteiger partial charge in [0.05, 0.1) is 17.3 Å². The van der Waals surface area contributed by atoms with E-state index in [-0.39, 0.29) is 19.0 Å². The Bertz CT molecular complexity index is 898. The molecule has 0 saturated heterocycles. The molecule has 126 valence electrons. The van der Waals surface area contributed by atoms with Crippen molar-refractivity contribution in [3.63, 3.8) is 0 Å². The van der Waals surface area contributed by atoms with Crippen molar-refractivity contribution in [2.45, 2.75) is 0 Å². The van der Waals surface area contributed by atoms with E-state index in [4.69, 9.17) is 14.7 Å². The molecule has 3 aromatic rings. The highest BCUT2D eigenvalue weighted by Crippen LogP contribution is 2.26. The number of ether oxygens (including phenoxy) is 2. The lowest BCUT2D eigenvalue weighted by atomic mass is 10.1. The van der Waals surface area contributed by atoms with Gasteiger partial charge in [0.15, 0.2) is 11.6 Å². The Kier molecular flexibility index (Phi) is 4.95. The minimum atomic E-state index is -0.427. The zero-order valence-corrected chi connectivity index (χ0v) is 13.6. The van der Waals surface area contributed by atoms with E-state index in [1.165, 1.54) is 6.07 Å². The molecule has 0 aliphatic heterocycles. The van der Waals surface area contributed by atoms with Crippen molar-refractivity contribution in [3.05, 3.63) is 66.1 Å². The molecule has 1 heterocycles. The lowest BCUT2D eigenvalue weighted by Gasteiger charge is -2.11. The van der Waals surface area contributed by atoms with Crippen LogP contribution in [0.2, 0.25) is 0 Å². The van der Waals surface area contributed by atoms with Crippen molar-refractivity contribution in [3.8, 4) is 28.8 Å². The summed E-state index contributed by atoms with van der Waals surface area (Å²) in [5.41, 5.74) is 2.26. The molecule has 0 amide bonds. The van der Waals surface area contributed by atoms with Crippen molar-refractivity contribution in [2.24, 2.45) is 7.05 Å². The molecule has 0 spiro atoms. The summed E-state index contributed by atoms with van der Waals surface area (Å²) in [6.45, 7) is 0.465. The van der Waals surface area contributed by atoms with E-state index in [0.717, 1.165) is 11.3 Å². The molecule has 0 aliphatic carbocycles. The summed E-state index contributed by atoms with van der Waals surface area (Å²) in [4.78, 5) is 0. The van der Waals surface area contributed by atoms with Crippen LogP contribution < -0.4 is 9.47 Å². The molecule has 0 unspecified atom stereocenters. The molecule has 0 fully saturated rings. The first kappa shape index (κ1) is 16.5. The fraction of sp³-hybridized carbons (Fsp3) is 0.158. The third kappa shape index (κ3) is 3.96. The van der Waals surface area contributed by atoms with Crippen molar-refractivity contribution in [2.75, 3.05) is 13.2 Å². The molecule has 0 radical (unpaired) electrons. The number of nitriles is 1. The molecule has 2 aromatic carbocycles. The van der Waals surface area contributed by atoms with Gasteiger partial charge < -0.3 is 9.47 Å². The molecule has 0 bridgehead atoms. The normalized spacial score (nSPS) is 10.3. The van der Waals surface area contributed by atoms with Crippen LogP contribution in [0, 0.1) is 17.1 Å². The molecule has 5 nitrogen and oxygen atoms in total. The maximum Gasteiger partial charge on any atom is 0.165 e. The van der Waals surface area contributed by atoms with Gasteiger partial charge in [-0.25, -0.2) is 4.39 Å². The first-order valence-corrected chi connectivity index (χ1v) is 7.71. The molecule has 0 saturated carbocycles. The number of aryl methyl sites for hydroxylation is 1. The summed E-state index contributed by atoms with van der Waals surface area (Å²) >= 11 is 0. The number of hydrogen-bond donors (Lipinski definition) is 0. The Hall–Kier alpha value is -3.33. The van der Waals surface area contributed by atoms with Gasteiger partial charge in [-0.1, -0.05) is 0 Å². The van der Waals surface area contributed by atoms with Crippen LogP contribution in [0.1, 0.15) is 5.56 Å². The van der Waals surface area contributed by atoms with Crippen LogP contribution in [-0.4, -0.2) is 23.0 Å². The van der Waals surface area contributed by atoms with Crippen molar-refractivity contribution >= 4 is 0 Å². The van der Waals surface area contributed by atoms with Crippen molar-refractivity contribution in [1.82, 2.24) is 9.78 Å². The monoisotopic (exact) mass is 337 g/mol. The Morgan fingerprint density at radius 1 is 1.08 bits per heavy atom. The molecule has 3 rings (SSSR count). The van der Waals surface area contributed by atoms with Crippen LogP contribution in [0.5, 0.6) is 11.5 Å². The molecule has 1 aromatic heterocycles. The Labute approximate surface area is 144 Å². The van der Waals surface area contributed by atoms with Gasteiger partial charge in [0.2, 0.25) is 0 Å². The van der Waals surface area contributed by atoms with Gasteiger partial charge in [-0.05, 0) is 48.5 Å². The lowest BCUT2D eigenvalue weighted by molar-refractivity contribution is 0.211. The smallest absolute Gasteiger partial charge is 0.165 e. The van der Waals surface area contributed by atoms with E-state index in [1.807, 2.05) is 19.2 Å². The highest BCUT2D eigenvalue weighted by atomic mass is 19.1. The van der Waals surface area contributed by atoms with Gasteiger partial charge in [-0.15, -0.1) is 0 Å². The number of benzene rings is 2. The van der Waals surface area contributed by atoms with Crippen LogP contribution in [0.4, 0.5) is 4.39 Å². The fourth-order valence-electron chi connectivity index (χ4n) is 2.37. The SMILES string of the molecule is Cn1nccc1-c1ccc(F)c(OCCOc2ccc(C#N)cc2)c1. The van der Waals surface area contributed by atoms with Gasteiger partial charge in [-0.2, -0.15) is 10.4 Å². The summed E-state index contributed by atoms with van der Waals surface area (Å²) in [5.74, 6) is 0.373. The molecular weight excluding hydrogens is 321 g/mol. The van der Waals surface area contributed by atoms with Crippen LogP contribution in [0.25, 0.3) is 11.3 Å². The molecule has 0 atom stereocenters. The number of hydrogen-bond acceptors (Lipinski definition) is 4. The average molecular weight is 337 g/mol. The topological polar surface area (TPSA) is 60.1 Å². The van der Waals surface area contributed by atoms with Crippen LogP contribution in [0.15, 0.2) is 54.7 Å². The molecule has 0 N–H and O–H groups in total. The van der Waals surface area contributed by atoms with E-state index in [1.54, 1.807) is 47.3 Å². The van der Waals surface area contributed by atoms with E-state index in [2.05, 4.69) is 5.10 Å². The molecule has 25 heavy (non-hydrogen) atoms. The molecule has 6 heteroatoms. The first-order chi connectivity index (χ1) is 12.2. The third-order valence-corrected chi connectivity index (χ3v) is 3.64. The minimum Gasteiger partial charge on any atom is -0.490 e. The van der Waals surface area contributed by atoms with E-state index < -0.39 is 5.82 Å². The molecule has 0 aliphatic rings. The standard InChI is InChI=1S/C19H16FN3O2/c1-23-18(8-9-22-23)15-4-7-17(20)19(12-15)25-11-10-24-16-5-2-14(13-21)3-6-16/h2-9,12H,10-11H2,1H3. The highest BCUT2D eigenvalue weighted by Gasteiger charge is 2.09. The van der Waals surface area contributed by atoms with Crippen LogP contribution in [-0.2, 0) is 7.05 Å². The summed E-state index contributed by atoms with van der Waals surface area (Å²) in [5, 5.41) is 12.9. The predicted molar refractivity (Wildman–Crippen MR) is 90.7 cm³/mol. The summed E-state index contributed by atoms with van der Waals surface area (Å²) < 4.78 is 26.7. The van der Waals surface area contributed by atoms with E-state index >= 15 is 0 Å². The molecular formula is C19H16FN3O2. The average Bonchev–Trinajstić information content (AvgIpc) is 3.06. The summed E-state index contributed by atoms with van der Waals surface area (Å²) in [7, 11) is 1.82. The first-order valence-electron chi connectivity index (χ1n) is 7.71. The van der Waals surface area contributed by atoms with Gasteiger partial charge in [-0.3, -0.25) is 4.68 Å². The minimum absolute atomic E-state index is 0.169. The second-order valence-corrected chi connectivity index (χ2v) is 5.32. The Balaban J connectivity index is 1.59. The largest absolute Gasteiger partial charge is 0.490 e. The lowest BCUT2D eigenvalue weighted by Crippen LogP contribution is -2.10. The maximum atomic E-state index is 13.9. The number of rotatable bonds is 6. The zero-order valence-electron chi connectivity index (χ0n) is 13.6. The van der Waals surface area contributed by atoms with E-state index in [9.17, 15) is 4.39 Å². The Morgan fingerprint density at radius 3 is 2.52 bits per heavy atom. The van der Waals surface area contributed by atoms with Gasteiger partial charge >= 0.3 is 0 Å². The fourth-order valence-corrected chi connectivity index (χ4v) is 2.37. The van der Waals surface area contributed by atoms with Crippen molar-refractivity contribution in [1.29, 1.82) is 5.26 Å². The van der Waals surface area contributed by atoms with Crippen LogP contribution >= 0.6 is 0 Å². The Morgan fingerprint density at radius 2 is 1.84 bits per heavy atom. The second kappa shape index (κ2) is 7.49. The van der Waals surface area contributed by atoms with Crippen LogP contribution in [0.3, 0.4) is 0 Å². The van der Waals surface area contributed by atoms with Gasteiger partial charge in [0.1, 0.15) is 19.0 Å². The number of aromatic nitrogens is 2. The van der Waals surface area contributed by atoms with Gasteiger partial charge in [0, 0.05) is 18.8 Å². The quantitative estimate of drug-likeness (QED) is 0.645. The highest BCUT2D eigenvalue weighted by molar-refractivity contribution is 5.61. The van der Waals surface area contributed by atoms with Crippen molar-refractivity contribution < 1.29 is 13.9 Å². The third-order valence-electron chi connectivity index (χ3n) is 3.64. The summed E-state index contributed by atoms with van der Waals surface area (Å²) in [6.07, 6.45) is 1.69. The number of halogens is 1. The number of nitrogens with zero attached hydrogens (tertiary/aromatic N) is 3. The summed E-state index contributed by atoms with van der Waals surface area (Å²) in [6, 6.07) is 15.4. The van der Waals surface area contributed by atoms with E-state index in [0.29, 0.717) is 11.3 Å². The van der Waals surface area contributed by atoms with Gasteiger partial charge in [0.25, 0.3) is 0 Å². The maximum absolute atomic E-state index is 13.9. The predicted octanol–water partition coefficient (Wildman–Crippen LogP) is 3.56.